The van der Waals surface area contributed by atoms with Crippen LogP contribution in [0, 0.1) is 13.8 Å². The van der Waals surface area contributed by atoms with Crippen LogP contribution in [0.3, 0.4) is 0 Å². The standard InChI is InChI=1S/C13H13BrClNS/c1-7-4-3-5-9(11(7)14)12(16)10-6-8(2)13(15)17-10/h3-6,12H,16H2,1-2H3. The molecular formula is C13H13BrClNS. The molecule has 0 radical (unpaired) electrons. The average molecular weight is 331 g/mol. The number of benzene rings is 1. The van der Waals surface area contributed by atoms with E-state index in [1.807, 2.05) is 19.1 Å². The Hall–Kier alpha value is -0.350. The van der Waals surface area contributed by atoms with Crippen molar-refractivity contribution in [2.45, 2.75) is 19.9 Å². The maximum Gasteiger partial charge on any atom is 0.0961 e. The Kier molecular flexibility index (Phi) is 3.93. The van der Waals surface area contributed by atoms with E-state index in [0.29, 0.717) is 0 Å². The molecule has 1 aromatic carbocycles. The maximum atomic E-state index is 6.29. The minimum Gasteiger partial charge on any atom is -0.320 e. The highest BCUT2D eigenvalue weighted by molar-refractivity contribution is 9.10. The van der Waals surface area contributed by atoms with Crippen molar-refractivity contribution in [1.29, 1.82) is 0 Å². The second-order valence-corrected chi connectivity index (χ2v) is 6.54. The molecule has 0 fully saturated rings. The van der Waals surface area contributed by atoms with Crippen LogP contribution in [-0.2, 0) is 0 Å². The van der Waals surface area contributed by atoms with Gasteiger partial charge in [-0.15, -0.1) is 11.3 Å². The van der Waals surface area contributed by atoms with Gasteiger partial charge in [-0.25, -0.2) is 0 Å². The van der Waals surface area contributed by atoms with Gasteiger partial charge in [0.05, 0.1) is 10.4 Å². The highest BCUT2D eigenvalue weighted by Gasteiger charge is 2.16. The van der Waals surface area contributed by atoms with Gasteiger partial charge in [-0.05, 0) is 36.6 Å². The van der Waals surface area contributed by atoms with Crippen molar-refractivity contribution >= 4 is 38.9 Å². The molecule has 17 heavy (non-hydrogen) atoms. The molecule has 4 heteroatoms. The van der Waals surface area contributed by atoms with Gasteiger partial charge in [0.2, 0.25) is 0 Å². The molecule has 2 aromatic rings. The monoisotopic (exact) mass is 329 g/mol. The van der Waals surface area contributed by atoms with Crippen LogP contribution in [0.25, 0.3) is 0 Å². The summed E-state index contributed by atoms with van der Waals surface area (Å²) in [6, 6.07) is 8.07. The molecule has 2 N–H and O–H groups in total. The first kappa shape index (κ1) is 13.1. The van der Waals surface area contributed by atoms with Gasteiger partial charge < -0.3 is 5.73 Å². The molecule has 0 amide bonds. The molecule has 0 aliphatic heterocycles. The fraction of sp³-hybridized carbons (Fsp3) is 0.231. The molecule has 0 spiro atoms. The molecule has 1 unspecified atom stereocenters. The minimum absolute atomic E-state index is 0.125. The van der Waals surface area contributed by atoms with Crippen molar-refractivity contribution in [3.63, 3.8) is 0 Å². The zero-order chi connectivity index (χ0) is 12.6. The van der Waals surface area contributed by atoms with E-state index in [1.54, 1.807) is 11.3 Å². The van der Waals surface area contributed by atoms with Gasteiger partial charge in [0, 0.05) is 9.35 Å². The number of aryl methyl sites for hydroxylation is 2. The number of nitrogens with two attached hydrogens (primary N) is 1. The summed E-state index contributed by atoms with van der Waals surface area (Å²) in [4.78, 5) is 1.10. The Morgan fingerprint density at radius 2 is 2.00 bits per heavy atom. The highest BCUT2D eigenvalue weighted by atomic mass is 79.9. The summed E-state index contributed by atoms with van der Waals surface area (Å²) >= 11 is 11.2. The van der Waals surface area contributed by atoms with E-state index in [-0.39, 0.29) is 6.04 Å². The predicted octanol–water partition coefficient (Wildman–Crippen LogP) is 4.83. The lowest BCUT2D eigenvalue weighted by Crippen LogP contribution is -2.11. The predicted molar refractivity (Wildman–Crippen MR) is 79.0 cm³/mol. The minimum atomic E-state index is -0.125. The summed E-state index contributed by atoms with van der Waals surface area (Å²) in [6.45, 7) is 4.06. The Morgan fingerprint density at radius 3 is 2.59 bits per heavy atom. The fourth-order valence-corrected chi connectivity index (χ4v) is 3.45. The van der Waals surface area contributed by atoms with Crippen molar-refractivity contribution in [1.82, 2.24) is 0 Å². The summed E-state index contributed by atoms with van der Waals surface area (Å²) in [7, 11) is 0. The van der Waals surface area contributed by atoms with Crippen molar-refractivity contribution in [3.05, 3.63) is 54.6 Å². The van der Waals surface area contributed by atoms with Crippen LogP contribution in [0.1, 0.15) is 27.6 Å². The zero-order valence-electron chi connectivity index (χ0n) is 9.63. The number of hydrogen-bond acceptors (Lipinski definition) is 2. The van der Waals surface area contributed by atoms with Crippen LogP contribution < -0.4 is 5.73 Å². The van der Waals surface area contributed by atoms with Gasteiger partial charge in [-0.3, -0.25) is 0 Å². The lowest BCUT2D eigenvalue weighted by Gasteiger charge is -2.13. The highest BCUT2D eigenvalue weighted by Crippen LogP contribution is 2.35. The Balaban J connectivity index is 2.43. The van der Waals surface area contributed by atoms with Gasteiger partial charge in [0.25, 0.3) is 0 Å². The number of hydrogen-bond donors (Lipinski definition) is 1. The first-order chi connectivity index (χ1) is 8.00. The second-order valence-electron chi connectivity index (χ2n) is 4.06. The molecule has 1 heterocycles. The average Bonchev–Trinajstić information content (AvgIpc) is 2.62. The first-order valence-electron chi connectivity index (χ1n) is 5.27. The van der Waals surface area contributed by atoms with E-state index in [0.717, 1.165) is 24.8 Å². The molecule has 1 nitrogen and oxygen atoms in total. The molecule has 1 aromatic heterocycles. The van der Waals surface area contributed by atoms with E-state index >= 15 is 0 Å². The third-order valence-electron chi connectivity index (χ3n) is 2.74. The van der Waals surface area contributed by atoms with Crippen LogP contribution >= 0.6 is 38.9 Å². The van der Waals surface area contributed by atoms with Crippen molar-refractivity contribution in [3.8, 4) is 0 Å². The quantitative estimate of drug-likeness (QED) is 0.838. The van der Waals surface area contributed by atoms with Crippen LogP contribution in [0.15, 0.2) is 28.7 Å². The largest absolute Gasteiger partial charge is 0.320 e. The summed E-state index contributed by atoms with van der Waals surface area (Å²) in [6.07, 6.45) is 0. The van der Waals surface area contributed by atoms with E-state index in [2.05, 4.69) is 35.0 Å². The Bertz CT molecular complexity index is 531. The van der Waals surface area contributed by atoms with E-state index < -0.39 is 0 Å². The van der Waals surface area contributed by atoms with Gasteiger partial charge in [-0.2, -0.15) is 0 Å². The van der Waals surface area contributed by atoms with E-state index in [1.165, 1.54) is 5.56 Å². The molecule has 1 atom stereocenters. The van der Waals surface area contributed by atoms with Crippen LogP contribution in [0.5, 0.6) is 0 Å². The van der Waals surface area contributed by atoms with Crippen LogP contribution in [-0.4, -0.2) is 0 Å². The second kappa shape index (κ2) is 5.11. The fourth-order valence-electron chi connectivity index (χ4n) is 1.70. The summed E-state index contributed by atoms with van der Waals surface area (Å²) in [5.74, 6) is 0. The van der Waals surface area contributed by atoms with Crippen LogP contribution in [0.4, 0.5) is 0 Å². The molecule has 0 bridgehead atoms. The molecule has 0 saturated carbocycles. The molecule has 2 rings (SSSR count). The summed E-state index contributed by atoms with van der Waals surface area (Å²) < 4.78 is 1.90. The summed E-state index contributed by atoms with van der Waals surface area (Å²) in [5, 5.41) is 0. The van der Waals surface area contributed by atoms with Gasteiger partial charge in [0.1, 0.15) is 0 Å². The lowest BCUT2D eigenvalue weighted by atomic mass is 10.0. The molecule has 0 aliphatic rings. The molecule has 90 valence electrons. The van der Waals surface area contributed by atoms with E-state index in [9.17, 15) is 0 Å². The van der Waals surface area contributed by atoms with Gasteiger partial charge in [0.15, 0.2) is 0 Å². The van der Waals surface area contributed by atoms with Crippen LogP contribution in [0.2, 0.25) is 4.34 Å². The first-order valence-corrected chi connectivity index (χ1v) is 7.26. The third kappa shape index (κ3) is 2.58. The number of halogens is 2. The zero-order valence-corrected chi connectivity index (χ0v) is 12.8. The third-order valence-corrected chi connectivity index (χ3v) is 5.46. The molecule has 0 aliphatic carbocycles. The maximum absolute atomic E-state index is 6.29. The SMILES string of the molecule is Cc1cc(C(N)c2cccc(C)c2Br)sc1Cl. The Labute approximate surface area is 119 Å². The topological polar surface area (TPSA) is 26.0 Å². The molecule has 0 saturated heterocycles. The smallest absolute Gasteiger partial charge is 0.0961 e. The normalized spacial score (nSPS) is 12.8. The van der Waals surface area contributed by atoms with E-state index in [4.69, 9.17) is 17.3 Å². The number of thiophene rings is 1. The summed E-state index contributed by atoms with van der Waals surface area (Å²) in [5.41, 5.74) is 9.67. The Morgan fingerprint density at radius 1 is 1.29 bits per heavy atom. The van der Waals surface area contributed by atoms with Gasteiger partial charge >= 0.3 is 0 Å². The van der Waals surface area contributed by atoms with Gasteiger partial charge in [-0.1, -0.05) is 45.7 Å². The van der Waals surface area contributed by atoms with Crippen molar-refractivity contribution in [2.24, 2.45) is 5.73 Å². The number of rotatable bonds is 2. The lowest BCUT2D eigenvalue weighted by molar-refractivity contribution is 0.884. The molecular weight excluding hydrogens is 318 g/mol. The van der Waals surface area contributed by atoms with Crippen molar-refractivity contribution < 1.29 is 0 Å². The van der Waals surface area contributed by atoms with Crippen molar-refractivity contribution in [2.75, 3.05) is 0 Å².